The number of likely N-dealkylation sites (N-methyl/N-ethyl adjacent to an activating group) is 1. The van der Waals surface area contributed by atoms with Gasteiger partial charge in [0.2, 0.25) is 0 Å². The molecule has 8 heteroatoms. The summed E-state index contributed by atoms with van der Waals surface area (Å²) >= 11 is 11.6. The van der Waals surface area contributed by atoms with E-state index in [0.29, 0.717) is 28.0 Å². The molecular weight excluding hydrogens is 377 g/mol. The predicted octanol–water partition coefficient (Wildman–Crippen LogP) is 5.10. The SMILES string of the molecule is CCN(CCOC(=O)Nc1ccc(Cl)cc1)C(=O)Nc1ccc(Cl)cc1. The number of hydrogen-bond acceptors (Lipinski definition) is 3. The van der Waals surface area contributed by atoms with Gasteiger partial charge in [-0.25, -0.2) is 9.59 Å². The van der Waals surface area contributed by atoms with Crippen molar-refractivity contribution in [2.45, 2.75) is 6.92 Å². The van der Waals surface area contributed by atoms with Crippen molar-refractivity contribution in [1.82, 2.24) is 4.90 Å². The van der Waals surface area contributed by atoms with Gasteiger partial charge in [0.25, 0.3) is 0 Å². The molecule has 0 bridgehead atoms. The van der Waals surface area contributed by atoms with Crippen molar-refractivity contribution in [1.29, 1.82) is 0 Å². The summed E-state index contributed by atoms with van der Waals surface area (Å²) in [6, 6.07) is 13.2. The molecule has 2 aromatic carbocycles. The van der Waals surface area contributed by atoms with Crippen LogP contribution in [0.25, 0.3) is 0 Å². The van der Waals surface area contributed by atoms with E-state index >= 15 is 0 Å². The van der Waals surface area contributed by atoms with Gasteiger partial charge in [-0.1, -0.05) is 23.2 Å². The summed E-state index contributed by atoms with van der Waals surface area (Å²) in [5.41, 5.74) is 1.21. The fourth-order valence-corrected chi connectivity index (χ4v) is 2.33. The van der Waals surface area contributed by atoms with E-state index in [1.165, 1.54) is 4.90 Å². The Morgan fingerprint density at radius 1 is 0.923 bits per heavy atom. The summed E-state index contributed by atoms with van der Waals surface area (Å²) < 4.78 is 5.10. The number of nitrogens with zero attached hydrogens (tertiary/aromatic N) is 1. The van der Waals surface area contributed by atoms with E-state index in [-0.39, 0.29) is 19.2 Å². The maximum absolute atomic E-state index is 12.2. The Hall–Kier alpha value is -2.44. The van der Waals surface area contributed by atoms with E-state index < -0.39 is 6.09 Å². The number of halogens is 2. The summed E-state index contributed by atoms with van der Waals surface area (Å²) in [6.07, 6.45) is -0.596. The van der Waals surface area contributed by atoms with Gasteiger partial charge in [-0.3, -0.25) is 5.32 Å². The Kier molecular flexibility index (Phi) is 7.56. The Balaban J connectivity index is 1.76. The fourth-order valence-electron chi connectivity index (χ4n) is 2.07. The van der Waals surface area contributed by atoms with Gasteiger partial charge in [-0.15, -0.1) is 0 Å². The molecule has 26 heavy (non-hydrogen) atoms. The van der Waals surface area contributed by atoms with Crippen LogP contribution in [0.5, 0.6) is 0 Å². The van der Waals surface area contributed by atoms with Gasteiger partial charge in [0.05, 0.1) is 6.54 Å². The molecule has 138 valence electrons. The lowest BCUT2D eigenvalue weighted by Gasteiger charge is -2.21. The number of ether oxygens (including phenoxy) is 1. The molecule has 0 aromatic heterocycles. The van der Waals surface area contributed by atoms with Crippen LogP contribution in [0.4, 0.5) is 21.0 Å². The number of carbonyl (C=O) groups is 2. The van der Waals surface area contributed by atoms with Gasteiger partial charge >= 0.3 is 12.1 Å². The highest BCUT2D eigenvalue weighted by atomic mass is 35.5. The van der Waals surface area contributed by atoms with Crippen molar-refractivity contribution in [2.75, 3.05) is 30.3 Å². The third-order valence-electron chi connectivity index (χ3n) is 3.45. The first-order valence-corrected chi connectivity index (χ1v) is 8.74. The molecule has 6 nitrogen and oxygen atoms in total. The first kappa shape index (κ1) is 19.9. The molecule has 0 heterocycles. The molecule has 3 amide bonds. The highest BCUT2D eigenvalue weighted by Crippen LogP contribution is 2.14. The number of benzene rings is 2. The van der Waals surface area contributed by atoms with Crippen LogP contribution in [0.15, 0.2) is 48.5 Å². The Morgan fingerprint density at radius 2 is 1.42 bits per heavy atom. The first-order valence-electron chi connectivity index (χ1n) is 7.98. The van der Waals surface area contributed by atoms with Gasteiger partial charge in [0, 0.05) is 28.0 Å². The van der Waals surface area contributed by atoms with Crippen molar-refractivity contribution < 1.29 is 14.3 Å². The molecule has 0 radical (unpaired) electrons. The van der Waals surface area contributed by atoms with E-state index in [4.69, 9.17) is 27.9 Å². The molecule has 2 N–H and O–H groups in total. The van der Waals surface area contributed by atoms with E-state index in [1.54, 1.807) is 48.5 Å². The average molecular weight is 396 g/mol. The van der Waals surface area contributed by atoms with Crippen LogP contribution in [-0.2, 0) is 4.74 Å². The van der Waals surface area contributed by atoms with Gasteiger partial charge in [0.15, 0.2) is 0 Å². The first-order chi connectivity index (χ1) is 12.5. The molecule has 0 unspecified atom stereocenters. The molecule has 0 aliphatic carbocycles. The number of carbonyl (C=O) groups excluding carboxylic acids is 2. The summed E-state index contributed by atoms with van der Waals surface area (Å²) in [5, 5.41) is 6.52. The molecule has 0 atom stereocenters. The average Bonchev–Trinajstić information content (AvgIpc) is 2.62. The second kappa shape index (κ2) is 9.89. The van der Waals surface area contributed by atoms with Crippen LogP contribution in [0.3, 0.4) is 0 Å². The van der Waals surface area contributed by atoms with E-state index in [1.807, 2.05) is 6.92 Å². The number of amides is 3. The summed E-state index contributed by atoms with van der Waals surface area (Å²) in [7, 11) is 0. The van der Waals surface area contributed by atoms with Crippen LogP contribution in [0, 0.1) is 0 Å². The molecule has 0 saturated heterocycles. The summed E-state index contributed by atoms with van der Waals surface area (Å²) in [5.74, 6) is 0. The predicted molar refractivity (Wildman–Crippen MR) is 104 cm³/mol. The van der Waals surface area contributed by atoms with Crippen molar-refractivity contribution in [2.24, 2.45) is 0 Å². The highest BCUT2D eigenvalue weighted by molar-refractivity contribution is 6.30. The zero-order valence-corrected chi connectivity index (χ0v) is 15.7. The topological polar surface area (TPSA) is 70.7 Å². The maximum atomic E-state index is 12.2. The lowest BCUT2D eigenvalue weighted by molar-refractivity contribution is 0.145. The van der Waals surface area contributed by atoms with Crippen LogP contribution < -0.4 is 10.6 Å². The van der Waals surface area contributed by atoms with Crippen LogP contribution in [-0.4, -0.2) is 36.7 Å². The molecule has 0 aliphatic heterocycles. The Bertz CT molecular complexity index is 736. The van der Waals surface area contributed by atoms with Gasteiger partial charge in [-0.05, 0) is 55.5 Å². The highest BCUT2D eigenvalue weighted by Gasteiger charge is 2.12. The minimum Gasteiger partial charge on any atom is -0.447 e. The Morgan fingerprint density at radius 3 is 1.92 bits per heavy atom. The third-order valence-corrected chi connectivity index (χ3v) is 3.95. The molecule has 0 fully saturated rings. The minimum absolute atomic E-state index is 0.0707. The lowest BCUT2D eigenvalue weighted by Crippen LogP contribution is -2.37. The normalized spacial score (nSPS) is 10.1. The van der Waals surface area contributed by atoms with Crippen LogP contribution >= 0.6 is 23.2 Å². The molecule has 0 aliphatic rings. The summed E-state index contributed by atoms with van der Waals surface area (Å²) in [4.78, 5) is 25.5. The van der Waals surface area contributed by atoms with Crippen molar-refractivity contribution >= 4 is 46.7 Å². The van der Waals surface area contributed by atoms with Gasteiger partial charge < -0.3 is 15.0 Å². The molecule has 2 aromatic rings. The number of anilines is 2. The van der Waals surface area contributed by atoms with Crippen molar-refractivity contribution in [3.8, 4) is 0 Å². The van der Waals surface area contributed by atoms with E-state index in [9.17, 15) is 9.59 Å². The van der Waals surface area contributed by atoms with Crippen molar-refractivity contribution in [3.63, 3.8) is 0 Å². The van der Waals surface area contributed by atoms with Gasteiger partial charge in [0.1, 0.15) is 6.61 Å². The van der Waals surface area contributed by atoms with Crippen molar-refractivity contribution in [3.05, 3.63) is 58.6 Å². The molecule has 2 rings (SSSR count). The minimum atomic E-state index is -0.596. The number of hydrogen-bond donors (Lipinski definition) is 2. The quantitative estimate of drug-likeness (QED) is 0.714. The number of urea groups is 1. The second-order valence-electron chi connectivity index (χ2n) is 5.28. The maximum Gasteiger partial charge on any atom is 0.411 e. The smallest absolute Gasteiger partial charge is 0.411 e. The zero-order chi connectivity index (χ0) is 18.9. The number of nitrogens with one attached hydrogen (secondary N) is 2. The lowest BCUT2D eigenvalue weighted by atomic mass is 10.3. The largest absolute Gasteiger partial charge is 0.447 e. The van der Waals surface area contributed by atoms with E-state index in [0.717, 1.165) is 0 Å². The molecule has 0 saturated carbocycles. The zero-order valence-electron chi connectivity index (χ0n) is 14.2. The van der Waals surface area contributed by atoms with E-state index in [2.05, 4.69) is 10.6 Å². The van der Waals surface area contributed by atoms with Gasteiger partial charge in [-0.2, -0.15) is 0 Å². The number of rotatable bonds is 6. The molecular formula is C18H19Cl2N3O3. The fraction of sp³-hybridized carbons (Fsp3) is 0.222. The molecule has 0 spiro atoms. The standard InChI is InChI=1S/C18H19Cl2N3O3/c1-2-23(17(24)21-15-7-3-13(19)4-8-15)11-12-26-18(25)22-16-9-5-14(20)6-10-16/h3-10H,2,11-12H2,1H3,(H,21,24)(H,22,25). The summed E-state index contributed by atoms with van der Waals surface area (Å²) in [6.45, 7) is 2.65. The monoisotopic (exact) mass is 395 g/mol. The third kappa shape index (κ3) is 6.46. The van der Waals surface area contributed by atoms with Crippen LogP contribution in [0.2, 0.25) is 10.0 Å². The second-order valence-corrected chi connectivity index (χ2v) is 6.16. The van der Waals surface area contributed by atoms with Crippen LogP contribution in [0.1, 0.15) is 6.92 Å². The Labute approximate surface area is 162 Å².